The summed E-state index contributed by atoms with van der Waals surface area (Å²) < 4.78 is 33.4. The molecule has 3 aliphatic heterocycles. The predicted molar refractivity (Wildman–Crippen MR) is 132 cm³/mol. The lowest BCUT2D eigenvalue weighted by atomic mass is 10.0. The predicted octanol–water partition coefficient (Wildman–Crippen LogP) is -2.38. The second-order valence-corrected chi connectivity index (χ2v) is 10.1. The quantitative estimate of drug-likeness (QED) is 0.142. The summed E-state index contributed by atoms with van der Waals surface area (Å²) in [4.78, 5) is 60.2. The van der Waals surface area contributed by atoms with Gasteiger partial charge in [-0.15, -0.1) is 11.8 Å². The number of carbonyl (C=O) groups excluding carboxylic acids is 4. The highest BCUT2D eigenvalue weighted by molar-refractivity contribution is 8.00. The summed E-state index contributed by atoms with van der Waals surface area (Å²) in [5.74, 6) is -4.75. The maximum Gasteiger partial charge on any atom is 0.490 e. The van der Waals surface area contributed by atoms with Crippen LogP contribution in [0.4, 0.5) is 13.2 Å². The number of fused-ring (bicyclic) bond motifs is 1. The zero-order valence-corrected chi connectivity index (χ0v) is 22.1. The Labute approximate surface area is 235 Å². The molecule has 3 aliphatic rings. The maximum absolute atomic E-state index is 12.9. The van der Waals surface area contributed by atoms with Crippen molar-refractivity contribution >= 4 is 41.4 Å². The van der Waals surface area contributed by atoms with Gasteiger partial charge in [-0.3, -0.25) is 19.3 Å². The number of likely N-dealkylation sites (tertiary alicyclic amines) is 1. The summed E-state index contributed by atoms with van der Waals surface area (Å²) >= 11 is 1.37. The smallest absolute Gasteiger partial charge is 0.490 e. The third-order valence-corrected chi connectivity index (χ3v) is 7.45. The van der Waals surface area contributed by atoms with E-state index in [-0.39, 0.29) is 37.2 Å². The monoisotopic (exact) mass is 601 g/mol. The zero-order valence-electron chi connectivity index (χ0n) is 21.3. The van der Waals surface area contributed by atoms with Gasteiger partial charge in [0.25, 0.3) is 5.91 Å². The molecule has 0 spiro atoms. The fourth-order valence-corrected chi connectivity index (χ4v) is 5.39. The number of aliphatic hydroxyl groups is 1. The number of carboxylic acids is 2. The molecule has 41 heavy (non-hydrogen) atoms. The normalized spacial score (nSPS) is 21.2. The molecule has 1 aromatic heterocycles. The molecule has 13 nitrogen and oxygen atoms in total. The number of rotatable bonds is 8. The summed E-state index contributed by atoms with van der Waals surface area (Å²) in [6.45, 7) is 1.06. The van der Waals surface area contributed by atoms with Crippen molar-refractivity contribution in [2.75, 3.05) is 25.4 Å². The lowest BCUT2D eigenvalue weighted by molar-refractivity contribution is -0.684. The van der Waals surface area contributed by atoms with Crippen LogP contribution >= 0.6 is 11.8 Å². The molecule has 1 aromatic rings. The first-order valence-electron chi connectivity index (χ1n) is 12.0. The van der Waals surface area contributed by atoms with Gasteiger partial charge in [0.05, 0.1) is 18.3 Å². The summed E-state index contributed by atoms with van der Waals surface area (Å²) in [7, 11) is 0. The summed E-state index contributed by atoms with van der Waals surface area (Å²) in [6, 6.07) is 2.92. The van der Waals surface area contributed by atoms with Gasteiger partial charge < -0.3 is 36.1 Å². The molecule has 0 aliphatic carbocycles. The fourth-order valence-electron chi connectivity index (χ4n) is 4.14. The van der Waals surface area contributed by atoms with Crippen molar-refractivity contribution in [2.45, 2.75) is 37.1 Å². The van der Waals surface area contributed by atoms with Gasteiger partial charge in [-0.2, -0.15) is 17.7 Å². The van der Waals surface area contributed by atoms with Crippen LogP contribution in [0.2, 0.25) is 0 Å². The van der Waals surface area contributed by atoms with Crippen LogP contribution in [0.15, 0.2) is 47.4 Å². The zero-order chi connectivity index (χ0) is 30.5. The molecular weight excluding hydrogens is 575 g/mol. The third-order valence-electron chi connectivity index (χ3n) is 6.13. The van der Waals surface area contributed by atoms with Crippen molar-refractivity contribution in [1.82, 2.24) is 15.1 Å². The molecule has 0 saturated carbocycles. The SMILES string of the molecule is N[C@@H]1C(=O)N2C(C(=O)[O-])=C(/C=C3\CCN(Cc4cc[n+](CC(=O)NCCO)cc4)C3=O)CS[C@H]12.O=C(O)C(F)(F)F. The number of hydrogen-bond donors (Lipinski definition) is 4. The number of amides is 3. The van der Waals surface area contributed by atoms with Gasteiger partial charge in [-0.1, -0.05) is 0 Å². The molecule has 3 amide bonds. The van der Waals surface area contributed by atoms with E-state index < -0.39 is 35.4 Å². The van der Waals surface area contributed by atoms with Gasteiger partial charge in [0.15, 0.2) is 12.4 Å². The standard InChI is InChI=1S/C22H25N5O6S.C2HF3O2/c23-17-20(31)27-18(22(32)33)15(12-34-21(17)27)9-14-3-7-26(19(14)30)10-13-1-5-25(6-2-13)11-16(29)24-4-8-28;3-2(4,5)1(6)7/h1-2,5-6,9,17,21,28H,3-4,7-8,10-12,23H2,(H-,24,29,32,33);(H,6,7)/b14-9+;/t17-,21-;/m1./s1. The summed E-state index contributed by atoms with van der Waals surface area (Å²) in [5.41, 5.74) is 7.30. The molecule has 17 heteroatoms. The van der Waals surface area contributed by atoms with E-state index in [1.807, 2.05) is 12.1 Å². The number of carboxylic acid groups (broad SMARTS) is 2. The van der Waals surface area contributed by atoms with Gasteiger partial charge in [0, 0.05) is 43.1 Å². The number of allylic oxidation sites excluding steroid dienone is 1. The number of thioether (sulfide) groups is 1. The van der Waals surface area contributed by atoms with Crippen molar-refractivity contribution in [1.29, 1.82) is 0 Å². The van der Waals surface area contributed by atoms with Crippen molar-refractivity contribution in [3.05, 3.63) is 53.0 Å². The first-order valence-corrected chi connectivity index (χ1v) is 13.1. The topological polar surface area (TPSA) is 197 Å². The van der Waals surface area contributed by atoms with E-state index in [0.29, 0.717) is 36.4 Å². The van der Waals surface area contributed by atoms with E-state index in [1.165, 1.54) is 11.8 Å². The molecule has 4 rings (SSSR count). The number of alkyl halides is 3. The first kappa shape index (κ1) is 31.6. The van der Waals surface area contributed by atoms with E-state index in [9.17, 15) is 37.5 Å². The number of halogens is 3. The lowest BCUT2D eigenvalue weighted by Crippen LogP contribution is -2.69. The molecule has 4 heterocycles. The highest BCUT2D eigenvalue weighted by Gasteiger charge is 2.50. The second-order valence-electron chi connectivity index (χ2n) is 9.00. The number of hydrogen-bond acceptors (Lipinski definition) is 9. The number of carbonyl (C=O) groups is 5. The van der Waals surface area contributed by atoms with Crippen LogP contribution in [0.1, 0.15) is 12.0 Å². The van der Waals surface area contributed by atoms with Crippen LogP contribution in [0.3, 0.4) is 0 Å². The molecule has 0 aromatic carbocycles. The minimum absolute atomic E-state index is 0.120. The molecule has 0 bridgehead atoms. The number of aromatic nitrogens is 1. The number of pyridine rings is 1. The van der Waals surface area contributed by atoms with Crippen molar-refractivity contribution < 1.29 is 57.0 Å². The minimum Gasteiger partial charge on any atom is -0.543 e. The largest absolute Gasteiger partial charge is 0.543 e. The number of aliphatic carboxylic acids is 2. The molecule has 2 saturated heterocycles. The molecular formula is C24H26F3N5O8S. The Morgan fingerprint density at radius 2 is 1.88 bits per heavy atom. The van der Waals surface area contributed by atoms with Crippen LogP contribution < -0.4 is 20.7 Å². The van der Waals surface area contributed by atoms with E-state index >= 15 is 0 Å². The average molecular weight is 602 g/mol. The summed E-state index contributed by atoms with van der Waals surface area (Å²) in [6.07, 6.45) is 0.430. The molecule has 0 unspecified atom stereocenters. The Bertz CT molecular complexity index is 1280. The van der Waals surface area contributed by atoms with Gasteiger partial charge in [-0.25, -0.2) is 4.79 Å². The Morgan fingerprint density at radius 1 is 1.24 bits per heavy atom. The van der Waals surface area contributed by atoms with Gasteiger partial charge >= 0.3 is 12.1 Å². The highest BCUT2D eigenvalue weighted by Crippen LogP contribution is 2.40. The molecule has 5 N–H and O–H groups in total. The Balaban J connectivity index is 0.000000587. The molecule has 0 radical (unpaired) electrons. The van der Waals surface area contributed by atoms with Crippen LogP contribution in [0, 0.1) is 0 Å². The van der Waals surface area contributed by atoms with Crippen molar-refractivity contribution in [3.8, 4) is 0 Å². The van der Waals surface area contributed by atoms with E-state index in [0.717, 1.165) is 10.5 Å². The lowest BCUT2D eigenvalue weighted by Gasteiger charge is -2.49. The Hall–Kier alpha value is -3.96. The van der Waals surface area contributed by atoms with Gasteiger partial charge in [0.2, 0.25) is 18.4 Å². The maximum atomic E-state index is 12.9. The minimum atomic E-state index is -5.08. The third kappa shape index (κ3) is 7.62. The number of nitrogens with two attached hydrogens (primary N) is 1. The van der Waals surface area contributed by atoms with Crippen LogP contribution in [-0.4, -0.2) is 92.7 Å². The second kappa shape index (κ2) is 13.1. The van der Waals surface area contributed by atoms with Gasteiger partial charge in [0.1, 0.15) is 11.4 Å². The van der Waals surface area contributed by atoms with Crippen molar-refractivity contribution in [3.63, 3.8) is 0 Å². The fraction of sp³-hybridized carbons (Fsp3) is 0.417. The number of nitrogens with zero attached hydrogens (tertiary/aromatic N) is 3. The highest BCUT2D eigenvalue weighted by atomic mass is 32.2. The van der Waals surface area contributed by atoms with Crippen LogP contribution in [0.25, 0.3) is 0 Å². The van der Waals surface area contributed by atoms with Crippen LogP contribution in [0.5, 0.6) is 0 Å². The molecule has 2 atom stereocenters. The molecule has 2 fully saturated rings. The number of aliphatic hydroxyl groups excluding tert-OH is 1. The average Bonchev–Trinajstić information content (AvgIpc) is 3.25. The van der Waals surface area contributed by atoms with E-state index in [1.54, 1.807) is 27.9 Å². The van der Waals surface area contributed by atoms with Crippen molar-refractivity contribution in [2.24, 2.45) is 5.73 Å². The number of β-lactam (4-membered cyclic amide) rings is 1. The van der Waals surface area contributed by atoms with E-state index in [2.05, 4.69) is 5.32 Å². The summed E-state index contributed by atoms with van der Waals surface area (Å²) in [5, 5.41) is 29.8. The number of nitrogens with one attached hydrogen (secondary N) is 1. The van der Waals surface area contributed by atoms with Gasteiger partial charge in [-0.05, 0) is 23.6 Å². The molecule has 222 valence electrons. The Kier molecular flexibility index (Phi) is 10.1. The first-order chi connectivity index (χ1) is 19.2. The van der Waals surface area contributed by atoms with Crippen LogP contribution in [-0.2, 0) is 37.1 Å². The Morgan fingerprint density at radius 3 is 2.44 bits per heavy atom. The van der Waals surface area contributed by atoms with E-state index in [4.69, 9.17) is 20.7 Å².